The molecule has 2 atom stereocenters. The quantitative estimate of drug-likeness (QED) is 0.835. The van der Waals surface area contributed by atoms with Crippen LogP contribution in [0.3, 0.4) is 0 Å². The van der Waals surface area contributed by atoms with E-state index in [4.69, 9.17) is 0 Å². The van der Waals surface area contributed by atoms with E-state index in [1.165, 1.54) is 48.7 Å². The zero-order valence-electron chi connectivity index (χ0n) is 13.8. The SMILES string of the molecule is O=C(O)[C@]12CN(C3CCCC3)C[C@H]1CN(C1CSCCSC1)C2. The molecule has 0 aromatic rings. The minimum atomic E-state index is -0.542. The average Bonchev–Trinajstić information content (AvgIpc) is 3.17. The summed E-state index contributed by atoms with van der Waals surface area (Å²) in [5.74, 6) is 4.65. The lowest BCUT2D eigenvalue weighted by Crippen LogP contribution is -2.45. The number of fused-ring (bicyclic) bond motifs is 1. The fraction of sp³-hybridized carbons (Fsp3) is 0.941. The summed E-state index contributed by atoms with van der Waals surface area (Å²) in [6.07, 6.45) is 5.22. The van der Waals surface area contributed by atoms with E-state index < -0.39 is 11.4 Å². The number of nitrogens with zero attached hydrogens (tertiary/aromatic N) is 2. The molecule has 4 nitrogen and oxygen atoms in total. The van der Waals surface area contributed by atoms with Gasteiger partial charge in [0.2, 0.25) is 0 Å². The molecule has 4 fully saturated rings. The topological polar surface area (TPSA) is 43.8 Å². The summed E-state index contributed by atoms with van der Waals surface area (Å²) in [6, 6.07) is 1.24. The second kappa shape index (κ2) is 6.77. The number of aliphatic carboxylic acids is 1. The summed E-state index contributed by atoms with van der Waals surface area (Å²) >= 11 is 4.09. The minimum Gasteiger partial charge on any atom is -0.481 e. The van der Waals surface area contributed by atoms with Crippen LogP contribution >= 0.6 is 23.5 Å². The number of carboxylic acid groups (broad SMARTS) is 1. The molecule has 3 saturated heterocycles. The molecule has 0 spiro atoms. The zero-order chi connectivity index (χ0) is 15.9. The van der Waals surface area contributed by atoms with E-state index in [0.29, 0.717) is 18.0 Å². The Bertz CT molecular complexity index is 450. The molecular weight excluding hydrogens is 328 g/mol. The predicted octanol–water partition coefficient (Wildman–Crippen LogP) is 2.10. The summed E-state index contributed by atoms with van der Waals surface area (Å²) in [5.41, 5.74) is -0.496. The van der Waals surface area contributed by atoms with Gasteiger partial charge in [0.1, 0.15) is 0 Å². The molecule has 4 rings (SSSR count). The van der Waals surface area contributed by atoms with Crippen molar-refractivity contribution >= 4 is 29.5 Å². The van der Waals surface area contributed by atoms with Crippen molar-refractivity contribution in [2.75, 3.05) is 49.2 Å². The molecule has 1 saturated carbocycles. The van der Waals surface area contributed by atoms with E-state index in [1.54, 1.807) is 0 Å². The first-order valence-corrected chi connectivity index (χ1v) is 11.4. The van der Waals surface area contributed by atoms with Gasteiger partial charge in [0.15, 0.2) is 0 Å². The van der Waals surface area contributed by atoms with E-state index in [2.05, 4.69) is 9.80 Å². The molecule has 0 unspecified atom stereocenters. The van der Waals surface area contributed by atoms with Crippen LogP contribution in [0.15, 0.2) is 0 Å². The fourth-order valence-electron chi connectivity index (χ4n) is 5.09. The van der Waals surface area contributed by atoms with Crippen molar-refractivity contribution in [3.05, 3.63) is 0 Å². The Morgan fingerprint density at radius 2 is 1.52 bits per heavy atom. The largest absolute Gasteiger partial charge is 0.481 e. The van der Waals surface area contributed by atoms with Gasteiger partial charge in [0.05, 0.1) is 5.41 Å². The third kappa shape index (κ3) is 3.05. The highest BCUT2D eigenvalue weighted by Gasteiger charge is 2.59. The summed E-state index contributed by atoms with van der Waals surface area (Å²) < 4.78 is 0. The maximum atomic E-state index is 12.2. The lowest BCUT2D eigenvalue weighted by Gasteiger charge is -2.31. The third-order valence-electron chi connectivity index (χ3n) is 6.44. The van der Waals surface area contributed by atoms with Crippen LogP contribution in [-0.2, 0) is 4.79 Å². The molecule has 0 radical (unpaired) electrons. The Hall–Kier alpha value is 0.0900. The number of hydrogen-bond donors (Lipinski definition) is 1. The predicted molar refractivity (Wildman–Crippen MR) is 97.4 cm³/mol. The van der Waals surface area contributed by atoms with Crippen LogP contribution in [0, 0.1) is 11.3 Å². The highest BCUT2D eigenvalue weighted by Crippen LogP contribution is 2.46. The lowest BCUT2D eigenvalue weighted by atomic mass is 9.81. The van der Waals surface area contributed by atoms with Crippen molar-refractivity contribution in [2.24, 2.45) is 11.3 Å². The maximum Gasteiger partial charge on any atom is 0.312 e. The van der Waals surface area contributed by atoms with E-state index in [0.717, 1.165) is 26.2 Å². The molecule has 4 aliphatic rings. The standard InChI is InChI=1S/C17H28N2O2S2/c20-16(21)17-11-18(14-3-1-2-4-14)7-13(17)8-19(12-17)15-9-22-5-6-23-10-15/h13-15H,1-12H2,(H,20,21)/t13-,17-/m0/s1. The average molecular weight is 357 g/mol. The highest BCUT2D eigenvalue weighted by molar-refractivity contribution is 8.03. The van der Waals surface area contributed by atoms with E-state index >= 15 is 0 Å². The van der Waals surface area contributed by atoms with Crippen molar-refractivity contribution < 1.29 is 9.90 Å². The molecule has 130 valence electrons. The minimum absolute atomic E-state index is 0.332. The maximum absolute atomic E-state index is 12.2. The molecule has 3 aliphatic heterocycles. The van der Waals surface area contributed by atoms with Gasteiger partial charge >= 0.3 is 5.97 Å². The first-order valence-electron chi connectivity index (χ1n) is 9.06. The van der Waals surface area contributed by atoms with Crippen LogP contribution in [0.5, 0.6) is 0 Å². The molecule has 3 heterocycles. The smallest absolute Gasteiger partial charge is 0.312 e. The van der Waals surface area contributed by atoms with Crippen molar-refractivity contribution in [2.45, 2.75) is 37.8 Å². The molecule has 1 N–H and O–H groups in total. The van der Waals surface area contributed by atoms with Crippen LogP contribution in [0.1, 0.15) is 25.7 Å². The number of hydrogen-bond acceptors (Lipinski definition) is 5. The van der Waals surface area contributed by atoms with Gasteiger partial charge in [0, 0.05) is 67.2 Å². The first-order chi connectivity index (χ1) is 11.2. The van der Waals surface area contributed by atoms with Gasteiger partial charge in [-0.2, -0.15) is 23.5 Å². The van der Waals surface area contributed by atoms with Crippen molar-refractivity contribution in [3.63, 3.8) is 0 Å². The molecular formula is C17H28N2O2S2. The molecule has 0 amide bonds. The second-order valence-electron chi connectivity index (χ2n) is 7.76. The number of thioether (sulfide) groups is 2. The normalized spacial score (nSPS) is 38.0. The molecule has 0 aromatic heterocycles. The summed E-state index contributed by atoms with van der Waals surface area (Å²) in [4.78, 5) is 17.2. The van der Waals surface area contributed by atoms with Gasteiger partial charge in [-0.15, -0.1) is 0 Å². The summed E-state index contributed by atoms with van der Waals surface area (Å²) in [6.45, 7) is 3.59. The number of rotatable bonds is 3. The van der Waals surface area contributed by atoms with Gasteiger partial charge in [-0.25, -0.2) is 0 Å². The van der Waals surface area contributed by atoms with E-state index in [9.17, 15) is 9.90 Å². The number of likely N-dealkylation sites (tertiary alicyclic amines) is 2. The van der Waals surface area contributed by atoms with Crippen molar-refractivity contribution in [3.8, 4) is 0 Å². The van der Waals surface area contributed by atoms with Gasteiger partial charge in [0.25, 0.3) is 0 Å². The Balaban J connectivity index is 1.47. The fourth-order valence-corrected chi connectivity index (χ4v) is 7.71. The number of carbonyl (C=O) groups is 1. The van der Waals surface area contributed by atoms with Crippen molar-refractivity contribution in [1.29, 1.82) is 0 Å². The highest BCUT2D eigenvalue weighted by atomic mass is 32.2. The third-order valence-corrected chi connectivity index (χ3v) is 8.92. The van der Waals surface area contributed by atoms with Crippen LogP contribution in [0.2, 0.25) is 0 Å². The molecule has 6 heteroatoms. The lowest BCUT2D eigenvalue weighted by molar-refractivity contribution is -0.149. The second-order valence-corrected chi connectivity index (χ2v) is 10.1. The Morgan fingerprint density at radius 1 is 0.957 bits per heavy atom. The summed E-state index contributed by atoms with van der Waals surface area (Å²) in [5, 5.41) is 10.0. The molecule has 1 aliphatic carbocycles. The van der Waals surface area contributed by atoms with Crippen LogP contribution < -0.4 is 0 Å². The van der Waals surface area contributed by atoms with E-state index in [-0.39, 0.29) is 0 Å². The first kappa shape index (κ1) is 16.6. The van der Waals surface area contributed by atoms with Gasteiger partial charge < -0.3 is 5.11 Å². The Kier molecular flexibility index (Phi) is 4.87. The van der Waals surface area contributed by atoms with Crippen molar-refractivity contribution in [1.82, 2.24) is 9.80 Å². The zero-order valence-corrected chi connectivity index (χ0v) is 15.4. The van der Waals surface area contributed by atoms with Gasteiger partial charge in [-0.1, -0.05) is 12.8 Å². The molecule has 23 heavy (non-hydrogen) atoms. The Labute approximate surface area is 147 Å². The van der Waals surface area contributed by atoms with Crippen LogP contribution in [-0.4, -0.2) is 82.1 Å². The van der Waals surface area contributed by atoms with E-state index in [1.807, 2.05) is 23.5 Å². The Morgan fingerprint density at radius 3 is 2.04 bits per heavy atom. The molecule has 0 aromatic carbocycles. The number of carboxylic acids is 1. The molecule has 0 bridgehead atoms. The van der Waals surface area contributed by atoms with Crippen LogP contribution in [0.25, 0.3) is 0 Å². The van der Waals surface area contributed by atoms with Crippen LogP contribution in [0.4, 0.5) is 0 Å². The summed E-state index contributed by atoms with van der Waals surface area (Å²) in [7, 11) is 0. The monoisotopic (exact) mass is 356 g/mol. The van der Waals surface area contributed by atoms with Gasteiger partial charge in [-0.3, -0.25) is 14.6 Å². The van der Waals surface area contributed by atoms with Gasteiger partial charge in [-0.05, 0) is 12.8 Å².